The van der Waals surface area contributed by atoms with Crippen LogP contribution in [0.4, 0.5) is 5.82 Å². The number of rotatable bonds is 9. The highest BCUT2D eigenvalue weighted by atomic mass is 15.2. The summed E-state index contributed by atoms with van der Waals surface area (Å²) >= 11 is 0. The minimum Gasteiger partial charge on any atom is -0.385 e. The molecule has 1 aromatic heterocycles. The molecule has 0 amide bonds. The fraction of sp³-hybridized carbons (Fsp3) is 0.520. The zero-order valence-corrected chi connectivity index (χ0v) is 19.9. The number of aromatic nitrogens is 1. The first kappa shape index (κ1) is 24.7. The SMILES string of the molecule is C=C/C=C(\C=C/C(C)N=C(C)N=Cc1cc(C)n(C(CC)CC)c1N)N1CCNCC1. The van der Waals surface area contributed by atoms with Gasteiger partial charge in [0.15, 0.2) is 0 Å². The van der Waals surface area contributed by atoms with Gasteiger partial charge in [0, 0.05) is 55.4 Å². The lowest BCUT2D eigenvalue weighted by Gasteiger charge is -2.30. The van der Waals surface area contributed by atoms with Crippen molar-refractivity contribution in [3.63, 3.8) is 0 Å². The lowest BCUT2D eigenvalue weighted by molar-refractivity contribution is 0.307. The molecule has 1 saturated heterocycles. The van der Waals surface area contributed by atoms with Crippen LogP contribution in [0.2, 0.25) is 0 Å². The second-order valence-corrected chi connectivity index (χ2v) is 8.07. The van der Waals surface area contributed by atoms with Gasteiger partial charge in [0.25, 0.3) is 0 Å². The molecule has 1 unspecified atom stereocenters. The van der Waals surface area contributed by atoms with Gasteiger partial charge in [-0.15, -0.1) is 0 Å². The van der Waals surface area contributed by atoms with Crippen LogP contribution in [0.5, 0.6) is 0 Å². The van der Waals surface area contributed by atoms with Crippen LogP contribution < -0.4 is 11.1 Å². The maximum absolute atomic E-state index is 6.42. The molecule has 0 aliphatic carbocycles. The molecule has 0 spiro atoms. The molecular formula is C25H40N6. The first-order valence-corrected chi connectivity index (χ1v) is 11.4. The molecule has 1 aliphatic heterocycles. The fourth-order valence-electron chi connectivity index (χ4n) is 4.02. The van der Waals surface area contributed by atoms with E-state index < -0.39 is 0 Å². The van der Waals surface area contributed by atoms with Crippen LogP contribution in [0.15, 0.2) is 52.6 Å². The maximum atomic E-state index is 6.42. The quantitative estimate of drug-likeness (QED) is 0.348. The summed E-state index contributed by atoms with van der Waals surface area (Å²) in [5.74, 6) is 1.52. The number of allylic oxidation sites excluding steroid dienone is 3. The molecule has 0 aromatic carbocycles. The van der Waals surface area contributed by atoms with E-state index in [1.54, 1.807) is 0 Å². The summed E-state index contributed by atoms with van der Waals surface area (Å²) in [7, 11) is 0. The monoisotopic (exact) mass is 424 g/mol. The summed E-state index contributed by atoms with van der Waals surface area (Å²) in [6.45, 7) is 18.4. The minimum atomic E-state index is 0.0292. The molecule has 1 fully saturated rings. The summed E-state index contributed by atoms with van der Waals surface area (Å²) in [5, 5.41) is 3.38. The van der Waals surface area contributed by atoms with Crippen molar-refractivity contribution in [2.45, 2.75) is 59.5 Å². The van der Waals surface area contributed by atoms with E-state index in [9.17, 15) is 0 Å². The molecule has 6 heteroatoms. The highest BCUT2D eigenvalue weighted by molar-refractivity contribution is 5.96. The largest absolute Gasteiger partial charge is 0.385 e. The van der Waals surface area contributed by atoms with Crippen LogP contribution in [0.3, 0.4) is 0 Å². The van der Waals surface area contributed by atoms with Gasteiger partial charge in [-0.25, -0.2) is 4.99 Å². The van der Waals surface area contributed by atoms with Gasteiger partial charge in [0.1, 0.15) is 11.7 Å². The Morgan fingerprint density at radius 1 is 1.29 bits per heavy atom. The number of aryl methyl sites for hydroxylation is 1. The maximum Gasteiger partial charge on any atom is 0.120 e. The van der Waals surface area contributed by atoms with Gasteiger partial charge in [-0.3, -0.25) is 4.99 Å². The molecule has 0 saturated carbocycles. The third-order valence-corrected chi connectivity index (χ3v) is 5.70. The highest BCUT2D eigenvalue weighted by Crippen LogP contribution is 2.26. The van der Waals surface area contributed by atoms with E-state index in [-0.39, 0.29) is 6.04 Å². The zero-order valence-electron chi connectivity index (χ0n) is 19.9. The molecule has 31 heavy (non-hydrogen) atoms. The van der Waals surface area contributed by atoms with E-state index in [1.807, 2.05) is 19.2 Å². The predicted molar refractivity (Wildman–Crippen MR) is 135 cm³/mol. The molecule has 1 aliphatic rings. The van der Waals surface area contributed by atoms with Gasteiger partial charge in [-0.1, -0.05) is 32.6 Å². The Kier molecular flexibility index (Phi) is 9.79. The number of nitrogen functional groups attached to an aromatic ring is 1. The van der Waals surface area contributed by atoms with Gasteiger partial charge >= 0.3 is 0 Å². The minimum absolute atomic E-state index is 0.0292. The van der Waals surface area contributed by atoms with Gasteiger partial charge in [-0.05, 0) is 51.8 Å². The molecule has 3 N–H and O–H groups in total. The Morgan fingerprint density at radius 2 is 1.97 bits per heavy atom. The average Bonchev–Trinajstić information content (AvgIpc) is 3.05. The Labute approximate surface area is 188 Å². The summed E-state index contributed by atoms with van der Waals surface area (Å²) in [6.07, 6.45) is 12.1. The molecule has 1 atom stereocenters. The summed E-state index contributed by atoms with van der Waals surface area (Å²) in [6, 6.07) is 2.56. The van der Waals surface area contributed by atoms with Crippen LogP contribution in [-0.2, 0) is 0 Å². The smallest absolute Gasteiger partial charge is 0.120 e. The number of piperazine rings is 1. The van der Waals surface area contributed by atoms with Gasteiger partial charge in [0.2, 0.25) is 0 Å². The number of anilines is 1. The van der Waals surface area contributed by atoms with Crippen molar-refractivity contribution in [1.29, 1.82) is 0 Å². The van der Waals surface area contributed by atoms with Crippen molar-refractivity contribution in [2.24, 2.45) is 9.98 Å². The summed E-state index contributed by atoms with van der Waals surface area (Å²) in [5.41, 5.74) is 9.72. The average molecular weight is 425 g/mol. The molecule has 1 aromatic rings. The van der Waals surface area contributed by atoms with Gasteiger partial charge in [0.05, 0.1) is 6.04 Å². The van der Waals surface area contributed by atoms with Crippen LogP contribution in [0.1, 0.15) is 57.8 Å². The van der Waals surface area contributed by atoms with E-state index in [0.29, 0.717) is 6.04 Å². The lowest BCUT2D eigenvalue weighted by atomic mass is 10.1. The second kappa shape index (κ2) is 12.3. The Bertz CT molecular complexity index is 832. The normalized spacial score (nSPS) is 17.3. The predicted octanol–water partition coefficient (Wildman–Crippen LogP) is 4.50. The number of hydrogen-bond acceptors (Lipinski definition) is 4. The third-order valence-electron chi connectivity index (χ3n) is 5.70. The molecule has 0 bridgehead atoms. The Hall–Kier alpha value is -2.60. The lowest BCUT2D eigenvalue weighted by Crippen LogP contribution is -2.42. The topological polar surface area (TPSA) is 70.9 Å². The summed E-state index contributed by atoms with van der Waals surface area (Å²) < 4.78 is 2.22. The molecule has 170 valence electrons. The molecule has 6 nitrogen and oxygen atoms in total. The van der Waals surface area contributed by atoms with Crippen molar-refractivity contribution >= 4 is 17.9 Å². The van der Waals surface area contributed by atoms with Crippen molar-refractivity contribution in [1.82, 2.24) is 14.8 Å². The van der Waals surface area contributed by atoms with Crippen molar-refractivity contribution < 1.29 is 0 Å². The number of nitrogens with one attached hydrogen (secondary N) is 1. The second-order valence-electron chi connectivity index (χ2n) is 8.07. The number of amidine groups is 1. The molecule has 2 heterocycles. The van der Waals surface area contributed by atoms with Crippen LogP contribution in [-0.4, -0.2) is 53.7 Å². The Morgan fingerprint density at radius 3 is 2.58 bits per heavy atom. The van der Waals surface area contributed by atoms with Crippen molar-refractivity contribution in [2.75, 3.05) is 31.9 Å². The zero-order chi connectivity index (χ0) is 22.8. The van der Waals surface area contributed by atoms with E-state index in [4.69, 9.17) is 10.7 Å². The fourth-order valence-corrected chi connectivity index (χ4v) is 4.02. The first-order chi connectivity index (χ1) is 14.9. The van der Waals surface area contributed by atoms with Gasteiger partial charge < -0.3 is 20.5 Å². The number of nitrogens with two attached hydrogens (primary N) is 1. The van der Waals surface area contributed by atoms with E-state index in [0.717, 1.165) is 56.2 Å². The standard InChI is InChI=1S/C25H40N6/c1-7-10-24(30-15-13-27-14-16-30)12-11-19(4)29-21(6)28-18-22-17-20(5)31(25(22)26)23(8-2)9-3/h7,10-12,17-19,23,27H,1,8-9,13-16,26H2,2-6H3/b12-11-,24-10+,28-18?,29-21?. The van der Waals surface area contributed by atoms with Crippen LogP contribution >= 0.6 is 0 Å². The number of nitrogens with zero attached hydrogens (tertiary/aromatic N) is 4. The summed E-state index contributed by atoms with van der Waals surface area (Å²) in [4.78, 5) is 11.6. The molecule has 0 radical (unpaired) electrons. The van der Waals surface area contributed by atoms with E-state index >= 15 is 0 Å². The third kappa shape index (κ3) is 6.96. The molecule has 2 rings (SSSR count). The number of hydrogen-bond donors (Lipinski definition) is 2. The van der Waals surface area contributed by atoms with Gasteiger partial charge in [-0.2, -0.15) is 0 Å². The van der Waals surface area contributed by atoms with Crippen LogP contribution in [0, 0.1) is 6.92 Å². The van der Waals surface area contributed by atoms with E-state index in [2.05, 4.69) is 78.3 Å². The van der Waals surface area contributed by atoms with Crippen LogP contribution in [0.25, 0.3) is 0 Å². The first-order valence-electron chi connectivity index (χ1n) is 11.4. The van der Waals surface area contributed by atoms with Crippen molar-refractivity contribution in [3.8, 4) is 0 Å². The molecular weight excluding hydrogens is 384 g/mol. The van der Waals surface area contributed by atoms with Crippen molar-refractivity contribution in [3.05, 3.63) is 53.9 Å². The highest BCUT2D eigenvalue weighted by Gasteiger charge is 2.15. The Balaban J connectivity index is 2.08. The number of aliphatic imine (C=N–C) groups is 2. The van der Waals surface area contributed by atoms with E-state index in [1.165, 1.54) is 11.4 Å².